The third-order valence-electron chi connectivity index (χ3n) is 4.27. The van der Waals surface area contributed by atoms with Gasteiger partial charge < -0.3 is 10.2 Å². The maximum absolute atomic E-state index is 12.8. The topological polar surface area (TPSA) is 49.4 Å². The van der Waals surface area contributed by atoms with E-state index in [0.29, 0.717) is 25.9 Å². The average molecular weight is 292 g/mol. The van der Waals surface area contributed by atoms with Crippen LogP contribution in [0, 0.1) is 11.8 Å². The minimum absolute atomic E-state index is 0.101. The quantitative estimate of drug-likeness (QED) is 0.800. The molecule has 20 heavy (non-hydrogen) atoms. The molecule has 2 amide bonds. The number of halogens is 3. The number of nitrogens with one attached hydrogen (secondary N) is 1. The van der Waals surface area contributed by atoms with Crippen molar-refractivity contribution >= 4 is 11.8 Å². The molecule has 0 spiro atoms. The average Bonchev–Trinajstić information content (AvgIpc) is 2.40. The van der Waals surface area contributed by atoms with Crippen LogP contribution in [0.15, 0.2) is 0 Å². The molecule has 2 rings (SSSR count). The monoisotopic (exact) mass is 292 g/mol. The summed E-state index contributed by atoms with van der Waals surface area (Å²) in [5.41, 5.74) is 0. The Morgan fingerprint density at radius 2 is 2.05 bits per heavy atom. The van der Waals surface area contributed by atoms with Crippen LogP contribution in [0.25, 0.3) is 0 Å². The summed E-state index contributed by atoms with van der Waals surface area (Å²) in [7, 11) is 0. The van der Waals surface area contributed by atoms with Gasteiger partial charge in [0, 0.05) is 19.0 Å². The highest BCUT2D eigenvalue weighted by Crippen LogP contribution is 2.40. The standard InChI is InChI=1S/C13H19F3N2O2/c1-8-11(19)17-5-6-18(8)12(20)9-3-2-4-10(7-9)13(14,15)16/h8-10H,2-7H2,1H3,(H,17,19). The van der Waals surface area contributed by atoms with Gasteiger partial charge in [-0.25, -0.2) is 0 Å². The third-order valence-corrected chi connectivity index (χ3v) is 4.27. The van der Waals surface area contributed by atoms with Gasteiger partial charge in [-0.05, 0) is 26.2 Å². The number of piperazine rings is 1. The first-order valence-electron chi connectivity index (χ1n) is 6.95. The molecular weight excluding hydrogens is 273 g/mol. The van der Waals surface area contributed by atoms with Crippen molar-refractivity contribution in [2.24, 2.45) is 11.8 Å². The molecule has 7 heteroatoms. The van der Waals surface area contributed by atoms with E-state index >= 15 is 0 Å². The number of nitrogens with zero attached hydrogens (tertiary/aromatic N) is 1. The second kappa shape index (κ2) is 5.61. The number of carbonyl (C=O) groups excluding carboxylic acids is 2. The minimum atomic E-state index is -4.23. The zero-order valence-electron chi connectivity index (χ0n) is 11.4. The van der Waals surface area contributed by atoms with Crippen molar-refractivity contribution in [2.75, 3.05) is 13.1 Å². The Bertz CT molecular complexity index is 398. The maximum Gasteiger partial charge on any atom is 0.391 e. The van der Waals surface area contributed by atoms with E-state index in [1.54, 1.807) is 6.92 Å². The van der Waals surface area contributed by atoms with Crippen LogP contribution in [0.1, 0.15) is 32.6 Å². The lowest BCUT2D eigenvalue weighted by Crippen LogP contribution is -2.57. The molecule has 1 N–H and O–H groups in total. The zero-order chi connectivity index (χ0) is 14.9. The first-order chi connectivity index (χ1) is 9.30. The lowest BCUT2D eigenvalue weighted by atomic mass is 9.80. The van der Waals surface area contributed by atoms with Gasteiger partial charge in [0.15, 0.2) is 0 Å². The largest absolute Gasteiger partial charge is 0.391 e. The van der Waals surface area contributed by atoms with E-state index in [1.807, 2.05) is 0 Å². The van der Waals surface area contributed by atoms with Crippen molar-refractivity contribution in [1.82, 2.24) is 10.2 Å². The normalized spacial score (nSPS) is 31.9. The van der Waals surface area contributed by atoms with E-state index in [1.165, 1.54) is 4.90 Å². The Hall–Kier alpha value is -1.27. The summed E-state index contributed by atoms with van der Waals surface area (Å²) in [5, 5.41) is 2.64. The Balaban J connectivity index is 2.03. The molecule has 2 aliphatic rings. The van der Waals surface area contributed by atoms with Crippen LogP contribution >= 0.6 is 0 Å². The number of amides is 2. The van der Waals surface area contributed by atoms with E-state index in [9.17, 15) is 22.8 Å². The molecule has 3 unspecified atom stereocenters. The summed E-state index contributed by atoms with van der Waals surface area (Å²) in [5.74, 6) is -2.54. The highest BCUT2D eigenvalue weighted by molar-refractivity contribution is 5.89. The Kier molecular flexibility index (Phi) is 4.25. The molecule has 1 saturated heterocycles. The second-order valence-corrected chi connectivity index (χ2v) is 5.60. The number of alkyl halides is 3. The van der Waals surface area contributed by atoms with Crippen molar-refractivity contribution in [3.8, 4) is 0 Å². The molecule has 0 radical (unpaired) electrons. The number of rotatable bonds is 1. The fourth-order valence-corrected chi connectivity index (χ4v) is 3.03. The van der Waals surface area contributed by atoms with E-state index in [0.717, 1.165) is 0 Å². The molecule has 0 aromatic heterocycles. The van der Waals surface area contributed by atoms with Gasteiger partial charge in [-0.3, -0.25) is 9.59 Å². The van der Waals surface area contributed by atoms with E-state index in [2.05, 4.69) is 5.32 Å². The van der Waals surface area contributed by atoms with Crippen LogP contribution in [0.2, 0.25) is 0 Å². The van der Waals surface area contributed by atoms with Crippen molar-refractivity contribution in [2.45, 2.75) is 44.8 Å². The van der Waals surface area contributed by atoms with Crippen molar-refractivity contribution in [3.05, 3.63) is 0 Å². The Labute approximate surface area is 115 Å². The SMILES string of the molecule is CC1C(=O)NCCN1C(=O)C1CCCC(C(F)(F)F)C1. The van der Waals surface area contributed by atoms with Gasteiger partial charge >= 0.3 is 6.18 Å². The van der Waals surface area contributed by atoms with Gasteiger partial charge in [0.25, 0.3) is 0 Å². The summed E-state index contributed by atoms with van der Waals surface area (Å²) in [6.07, 6.45) is -3.38. The Morgan fingerprint density at radius 3 is 2.70 bits per heavy atom. The van der Waals surface area contributed by atoms with E-state index < -0.39 is 24.1 Å². The van der Waals surface area contributed by atoms with Crippen LogP contribution < -0.4 is 5.32 Å². The zero-order valence-corrected chi connectivity index (χ0v) is 11.4. The van der Waals surface area contributed by atoms with Crippen molar-refractivity contribution in [1.29, 1.82) is 0 Å². The fourth-order valence-electron chi connectivity index (χ4n) is 3.03. The first-order valence-corrected chi connectivity index (χ1v) is 6.95. The van der Waals surface area contributed by atoms with E-state index in [-0.39, 0.29) is 24.7 Å². The summed E-state index contributed by atoms with van der Waals surface area (Å²) in [6, 6.07) is -0.595. The van der Waals surface area contributed by atoms with E-state index in [4.69, 9.17) is 0 Å². The van der Waals surface area contributed by atoms with Gasteiger partial charge in [-0.1, -0.05) is 6.42 Å². The lowest BCUT2D eigenvalue weighted by molar-refractivity contribution is -0.187. The van der Waals surface area contributed by atoms with Crippen LogP contribution in [0.3, 0.4) is 0 Å². The molecule has 4 nitrogen and oxygen atoms in total. The molecule has 1 aliphatic heterocycles. The van der Waals surface area contributed by atoms with Crippen LogP contribution in [-0.4, -0.2) is 42.0 Å². The maximum atomic E-state index is 12.8. The van der Waals surface area contributed by atoms with Crippen molar-refractivity contribution < 1.29 is 22.8 Å². The Morgan fingerprint density at radius 1 is 1.35 bits per heavy atom. The molecule has 2 fully saturated rings. The highest BCUT2D eigenvalue weighted by Gasteiger charge is 2.45. The molecule has 0 aromatic rings. The lowest BCUT2D eigenvalue weighted by Gasteiger charge is -2.37. The number of hydrogen-bond acceptors (Lipinski definition) is 2. The predicted molar refractivity (Wildman–Crippen MR) is 65.7 cm³/mol. The van der Waals surface area contributed by atoms with Crippen LogP contribution in [0.5, 0.6) is 0 Å². The van der Waals surface area contributed by atoms with Gasteiger partial charge in [0.05, 0.1) is 5.92 Å². The summed E-state index contributed by atoms with van der Waals surface area (Å²) < 4.78 is 38.3. The highest BCUT2D eigenvalue weighted by atomic mass is 19.4. The summed E-state index contributed by atoms with van der Waals surface area (Å²) in [6.45, 7) is 2.35. The number of carbonyl (C=O) groups is 2. The van der Waals surface area contributed by atoms with Crippen molar-refractivity contribution in [3.63, 3.8) is 0 Å². The van der Waals surface area contributed by atoms with Crippen LogP contribution in [-0.2, 0) is 9.59 Å². The third kappa shape index (κ3) is 3.07. The number of hydrogen-bond donors (Lipinski definition) is 1. The molecule has 1 saturated carbocycles. The van der Waals surface area contributed by atoms with Gasteiger partial charge in [0.2, 0.25) is 11.8 Å². The molecule has 1 heterocycles. The molecule has 114 valence electrons. The second-order valence-electron chi connectivity index (χ2n) is 5.60. The van der Waals surface area contributed by atoms with Crippen LogP contribution in [0.4, 0.5) is 13.2 Å². The predicted octanol–water partition coefficient (Wildman–Crippen LogP) is 1.70. The molecule has 3 atom stereocenters. The molecular formula is C13H19F3N2O2. The summed E-state index contributed by atoms with van der Waals surface area (Å²) >= 11 is 0. The molecule has 1 aliphatic carbocycles. The molecule has 0 bridgehead atoms. The fraction of sp³-hybridized carbons (Fsp3) is 0.846. The smallest absolute Gasteiger partial charge is 0.353 e. The van der Waals surface area contributed by atoms with Gasteiger partial charge in [-0.15, -0.1) is 0 Å². The van der Waals surface area contributed by atoms with Gasteiger partial charge in [0.1, 0.15) is 6.04 Å². The minimum Gasteiger partial charge on any atom is -0.353 e. The van der Waals surface area contributed by atoms with Gasteiger partial charge in [-0.2, -0.15) is 13.2 Å². The summed E-state index contributed by atoms with van der Waals surface area (Å²) in [4.78, 5) is 25.3. The first kappa shape index (κ1) is 15.1. The molecule has 0 aromatic carbocycles.